The largest absolute Gasteiger partial charge is 0.569 e. The van der Waals surface area contributed by atoms with Gasteiger partial charge in [0.15, 0.2) is 0 Å². The van der Waals surface area contributed by atoms with Crippen molar-refractivity contribution >= 4 is 131 Å². The first-order chi connectivity index (χ1) is 53.9. The van der Waals surface area contributed by atoms with E-state index in [4.69, 9.17) is 9.68 Å². The van der Waals surface area contributed by atoms with E-state index in [-0.39, 0.29) is 10.8 Å². The minimum absolute atomic E-state index is 0.122. The van der Waals surface area contributed by atoms with Gasteiger partial charge in [-0.25, -0.2) is 0 Å². The van der Waals surface area contributed by atoms with Gasteiger partial charge in [-0.1, -0.05) is 335 Å². The van der Waals surface area contributed by atoms with Gasteiger partial charge in [0.2, 0.25) is 0 Å². The van der Waals surface area contributed by atoms with Crippen LogP contribution in [0, 0.1) is 0 Å². The van der Waals surface area contributed by atoms with Gasteiger partial charge in [-0.3, -0.25) is 0 Å². The Kier molecular flexibility index (Phi) is 16.1. The van der Waals surface area contributed by atoms with E-state index in [2.05, 4.69) is 395 Å². The molecule has 0 bridgehead atoms. The van der Waals surface area contributed by atoms with Gasteiger partial charge >= 0.3 is 7.69 Å². The zero-order valence-electron chi connectivity index (χ0n) is 61.5. The topological polar surface area (TPSA) is 29.5 Å². The molecule has 0 amide bonds. The summed E-state index contributed by atoms with van der Waals surface area (Å²) in [6, 6.07) is 133. The predicted molar refractivity (Wildman–Crippen MR) is 473 cm³/mol. The van der Waals surface area contributed by atoms with E-state index in [9.17, 15) is 0 Å². The summed E-state index contributed by atoms with van der Waals surface area (Å²) >= 11 is 3.65. The monoisotopic (exact) mass is 1470 g/mol. The molecule has 20 aromatic carbocycles. The minimum atomic E-state index is -0.133. The fraction of sp³-hybridized carbons (Fsp3) is 0.0566. The highest BCUT2D eigenvalue weighted by atomic mass is 79.9. The minimum Gasteiger partial charge on any atom is -0.537 e. The van der Waals surface area contributed by atoms with E-state index in [1.165, 1.54) is 208 Å². The summed E-state index contributed by atoms with van der Waals surface area (Å²) in [6.45, 7) is 9.26. The number of fused-ring (bicyclic) bond motifs is 24. The summed E-state index contributed by atoms with van der Waals surface area (Å²) in [5.74, 6) is 0.650. The van der Waals surface area contributed by atoms with Crippen molar-refractivity contribution < 1.29 is 9.68 Å². The van der Waals surface area contributed by atoms with E-state index < -0.39 is 0 Å². The molecule has 519 valence electrons. The summed E-state index contributed by atoms with van der Waals surface area (Å²) in [7, 11) is 0.731. The molecule has 0 heterocycles. The Morgan fingerprint density at radius 1 is 0.227 bits per heavy atom. The smallest absolute Gasteiger partial charge is 0.537 e. The average Bonchev–Trinajstić information content (AvgIpc) is 1.57. The highest BCUT2D eigenvalue weighted by molar-refractivity contribution is 9.10. The van der Waals surface area contributed by atoms with Crippen LogP contribution in [0.1, 0.15) is 49.9 Å². The van der Waals surface area contributed by atoms with Gasteiger partial charge in [-0.15, -0.1) is 0 Å². The Balaban J connectivity index is 0.000000118. The van der Waals surface area contributed by atoms with E-state index >= 15 is 0 Å². The van der Waals surface area contributed by atoms with Crippen LogP contribution < -0.4 is 4.65 Å². The van der Waals surface area contributed by atoms with Gasteiger partial charge in [0, 0.05) is 15.3 Å². The van der Waals surface area contributed by atoms with Crippen LogP contribution in [0.4, 0.5) is 0 Å². The Morgan fingerprint density at radius 3 is 0.945 bits per heavy atom. The number of hydrogen-bond acceptors (Lipinski definition) is 2. The van der Waals surface area contributed by atoms with Crippen molar-refractivity contribution in [2.45, 2.75) is 38.5 Å². The highest BCUT2D eigenvalue weighted by Crippen LogP contribution is 2.54. The molecule has 22 rings (SSSR count). The van der Waals surface area contributed by atoms with Crippen LogP contribution in [0.15, 0.2) is 368 Å². The van der Waals surface area contributed by atoms with Crippen molar-refractivity contribution in [2.24, 2.45) is 0 Å². The molecule has 2 aliphatic rings. The van der Waals surface area contributed by atoms with Crippen molar-refractivity contribution in [3.63, 3.8) is 0 Å². The number of halogens is 1. The number of benzene rings is 20. The molecular weight excluding hydrogens is 1400 g/mol. The predicted octanol–water partition coefficient (Wildman–Crippen LogP) is 29.2. The third kappa shape index (κ3) is 11.1. The summed E-state index contributed by atoms with van der Waals surface area (Å²) in [4.78, 5) is 0. The molecule has 0 saturated carbocycles. The Labute approximate surface area is 649 Å². The Hall–Kier alpha value is -12.7. The second kappa shape index (κ2) is 26.6. The average molecular weight is 1470 g/mol. The molecule has 2 aliphatic carbocycles. The van der Waals surface area contributed by atoms with Crippen LogP contribution in [-0.4, -0.2) is 12.7 Å². The van der Waals surface area contributed by atoms with Crippen LogP contribution in [0.3, 0.4) is 0 Å². The van der Waals surface area contributed by atoms with Gasteiger partial charge in [0.05, 0.1) is 0 Å². The normalized spacial score (nSPS) is 13.0. The van der Waals surface area contributed by atoms with Crippen molar-refractivity contribution in [3.8, 4) is 83.6 Å². The van der Waals surface area contributed by atoms with Gasteiger partial charge in [-0.05, 0) is 281 Å². The first-order valence-corrected chi connectivity index (χ1v) is 38.8. The molecule has 0 aliphatic heterocycles. The molecule has 2 nitrogen and oxygen atoms in total. The maximum absolute atomic E-state index is 8.96. The van der Waals surface area contributed by atoms with Gasteiger partial charge in [0.1, 0.15) is 5.75 Å². The quantitative estimate of drug-likeness (QED) is 0.127. The van der Waals surface area contributed by atoms with Crippen LogP contribution in [0.2, 0.25) is 0 Å². The highest BCUT2D eigenvalue weighted by Gasteiger charge is 2.38. The van der Waals surface area contributed by atoms with Crippen LogP contribution in [0.25, 0.3) is 186 Å². The molecule has 0 saturated heterocycles. The molecule has 0 aromatic heterocycles. The first-order valence-electron chi connectivity index (χ1n) is 38.0. The Morgan fingerprint density at radius 2 is 0.527 bits per heavy atom. The maximum Gasteiger partial charge on any atom is 0.569 e. The molecule has 1 N–H and O–H groups in total. The van der Waals surface area contributed by atoms with Crippen molar-refractivity contribution in [1.29, 1.82) is 0 Å². The van der Waals surface area contributed by atoms with E-state index in [1.807, 2.05) is 12.1 Å². The Bertz CT molecular complexity index is 7210. The van der Waals surface area contributed by atoms with Gasteiger partial charge in [0.25, 0.3) is 0 Å². The fourth-order valence-electron chi connectivity index (χ4n) is 18.4. The van der Waals surface area contributed by atoms with Gasteiger partial charge in [-0.2, -0.15) is 0 Å². The SMILES string of the molecule is Brc1cccc(-c2cc3c4ccccc4c4ccccc4c3c3ccccc23)c1.CC1(C)c2cc(-c3cccc(-c4cc5c6ccccc6c6ccccc6c5c5ccccc45)c3)ccc2-c2ccc(-c3ccc4ccccc4c3)cc21.CC1(C)c2cc(O[B]O)ccc2-c2ccc(-c3ccc4ccccc4c3)cc21. The molecule has 0 fully saturated rings. The molecule has 0 unspecified atom stereocenters. The molecule has 4 heteroatoms. The first kappa shape index (κ1) is 66.7. The zero-order valence-corrected chi connectivity index (χ0v) is 63.0. The second-order valence-corrected chi connectivity index (χ2v) is 31.6. The second-order valence-electron chi connectivity index (χ2n) is 30.6. The number of hydrogen-bond donors (Lipinski definition) is 1. The molecular formula is C106H73BBrO2. The molecule has 20 aromatic rings. The third-order valence-electron chi connectivity index (χ3n) is 23.8. The summed E-state index contributed by atoms with van der Waals surface area (Å²) in [5, 5.41) is 35.0. The lowest BCUT2D eigenvalue weighted by Gasteiger charge is -2.23. The van der Waals surface area contributed by atoms with Crippen LogP contribution >= 0.6 is 15.9 Å². The van der Waals surface area contributed by atoms with Crippen LogP contribution in [0.5, 0.6) is 5.75 Å². The summed E-state index contributed by atoms with van der Waals surface area (Å²) in [6.07, 6.45) is 0. The lowest BCUT2D eigenvalue weighted by molar-refractivity contribution is 0.453. The molecule has 110 heavy (non-hydrogen) atoms. The third-order valence-corrected chi connectivity index (χ3v) is 24.3. The van der Waals surface area contributed by atoms with Crippen LogP contribution in [-0.2, 0) is 10.8 Å². The zero-order chi connectivity index (χ0) is 73.9. The van der Waals surface area contributed by atoms with Crippen molar-refractivity contribution in [2.75, 3.05) is 0 Å². The number of rotatable bonds is 7. The van der Waals surface area contributed by atoms with Crippen molar-refractivity contribution in [1.82, 2.24) is 0 Å². The van der Waals surface area contributed by atoms with Crippen molar-refractivity contribution in [3.05, 3.63) is 391 Å². The summed E-state index contributed by atoms with van der Waals surface area (Å²) in [5.41, 5.74) is 22.7. The molecule has 0 spiro atoms. The molecule has 1 radical (unpaired) electrons. The lowest BCUT2D eigenvalue weighted by Crippen LogP contribution is -2.15. The van der Waals surface area contributed by atoms with E-state index in [0.717, 1.165) is 12.2 Å². The standard InChI is InChI=1S/C53H36.C28H17Br.C25H20BO2/c1-53(2)50-30-37(24-26-44(50)45-27-25-38(31-51(45)53)36-23-22-33-12-3-4-13-34(33)28-36)35-14-11-15-39(29-35)48-32-49-42-18-6-5-16-40(42)41-17-7-9-20-46(41)52(49)47-21-10-8-19-43(47)48;29-19-9-7-8-18(16-19)26-17-27-22-12-2-1-10-20(22)21-11-3-5-14-24(21)28(27)25-15-6-4-13-23(25)26;1-25(2)23-14-19(18-8-7-16-5-3-4-6-17(16)13-18)9-11-21(23)22-12-10-20(28-26-27)15-24(22)25/h3-32H,1-2H3;1-17H;3-15,27H,1-2H3. The maximum atomic E-state index is 8.96. The molecule has 0 atom stereocenters. The lowest BCUT2D eigenvalue weighted by atomic mass is 9.80. The van der Waals surface area contributed by atoms with E-state index in [0.29, 0.717) is 5.75 Å². The summed E-state index contributed by atoms with van der Waals surface area (Å²) < 4.78 is 6.29. The van der Waals surface area contributed by atoms with E-state index in [1.54, 1.807) is 0 Å². The van der Waals surface area contributed by atoms with Gasteiger partial charge < -0.3 is 9.68 Å². The fourth-order valence-corrected chi connectivity index (χ4v) is 18.8.